The molecule has 0 fully saturated rings. The summed E-state index contributed by atoms with van der Waals surface area (Å²) in [5, 5.41) is -0.0998. The van der Waals surface area contributed by atoms with Crippen LogP contribution < -0.4 is 0 Å². The second-order valence-corrected chi connectivity index (χ2v) is 4.39. The van der Waals surface area contributed by atoms with Crippen molar-refractivity contribution in [1.82, 2.24) is 0 Å². The highest BCUT2D eigenvalue weighted by atomic mass is 32.2. The highest BCUT2D eigenvalue weighted by molar-refractivity contribution is 8.13. The Hall–Kier alpha value is -0.180. The van der Waals surface area contributed by atoms with Crippen LogP contribution in [0.1, 0.15) is 52.4 Å². The molecule has 0 unspecified atom stereocenters. The summed E-state index contributed by atoms with van der Waals surface area (Å²) >= 11 is 1.31. The van der Waals surface area contributed by atoms with Crippen LogP contribution in [0.5, 0.6) is 0 Å². The van der Waals surface area contributed by atoms with Crippen molar-refractivity contribution < 1.29 is 9.53 Å². The fraction of sp³-hybridized carbons (Fsp3) is 0.909. The average Bonchev–Trinajstić information content (AvgIpc) is 2.19. The molecular weight excluding hydrogens is 196 g/mol. The zero-order chi connectivity index (χ0) is 10.6. The molecular formula is C11H22O2S. The Morgan fingerprint density at radius 3 is 2.36 bits per heavy atom. The van der Waals surface area contributed by atoms with Gasteiger partial charge in [0.1, 0.15) is 0 Å². The van der Waals surface area contributed by atoms with Crippen molar-refractivity contribution in [2.24, 2.45) is 0 Å². The molecule has 0 aromatic heterocycles. The number of hydrogen-bond acceptors (Lipinski definition) is 3. The number of thioether (sulfide) groups is 1. The fourth-order valence-corrected chi connectivity index (χ4v) is 1.74. The number of unbranched alkanes of at least 4 members (excludes halogenated alkanes) is 4. The van der Waals surface area contributed by atoms with Gasteiger partial charge in [0.2, 0.25) is 0 Å². The Bertz CT molecular complexity index is 123. The lowest BCUT2D eigenvalue weighted by Crippen LogP contribution is -2.00. The highest BCUT2D eigenvalue weighted by Gasteiger charge is 2.01. The number of carbonyl (C=O) groups excluding carboxylic acids is 1. The van der Waals surface area contributed by atoms with Gasteiger partial charge in [-0.05, 0) is 24.6 Å². The summed E-state index contributed by atoms with van der Waals surface area (Å²) in [6, 6.07) is 0. The molecule has 0 aliphatic rings. The molecule has 0 aromatic rings. The van der Waals surface area contributed by atoms with E-state index in [1.165, 1.54) is 31.0 Å². The number of hydrogen-bond donors (Lipinski definition) is 0. The highest BCUT2D eigenvalue weighted by Crippen LogP contribution is 2.10. The van der Waals surface area contributed by atoms with Crippen LogP contribution in [0, 0.1) is 0 Å². The van der Waals surface area contributed by atoms with E-state index < -0.39 is 0 Å². The molecule has 0 radical (unpaired) electrons. The maximum Gasteiger partial charge on any atom is 0.367 e. The second-order valence-electron chi connectivity index (χ2n) is 3.36. The molecule has 0 spiro atoms. The number of rotatable bonds is 8. The van der Waals surface area contributed by atoms with E-state index in [2.05, 4.69) is 13.8 Å². The van der Waals surface area contributed by atoms with Crippen molar-refractivity contribution in [2.45, 2.75) is 52.4 Å². The van der Waals surface area contributed by atoms with Gasteiger partial charge in [0, 0.05) is 5.75 Å². The van der Waals surface area contributed by atoms with Gasteiger partial charge in [-0.15, -0.1) is 0 Å². The summed E-state index contributed by atoms with van der Waals surface area (Å²) in [4.78, 5) is 11.1. The van der Waals surface area contributed by atoms with Crippen LogP contribution in [0.3, 0.4) is 0 Å². The normalized spacial score (nSPS) is 10.1. The molecule has 0 saturated carbocycles. The van der Waals surface area contributed by atoms with Crippen LogP contribution in [0.4, 0.5) is 4.79 Å². The van der Waals surface area contributed by atoms with Crippen LogP contribution in [0.15, 0.2) is 0 Å². The first-order chi connectivity index (χ1) is 6.81. The Balaban J connectivity index is 3.11. The van der Waals surface area contributed by atoms with Crippen molar-refractivity contribution in [2.75, 3.05) is 12.4 Å². The largest absolute Gasteiger partial charge is 0.458 e. The van der Waals surface area contributed by atoms with Gasteiger partial charge in [-0.1, -0.05) is 39.5 Å². The van der Waals surface area contributed by atoms with Crippen LogP contribution in [0.2, 0.25) is 0 Å². The van der Waals surface area contributed by atoms with Crippen LogP contribution in [-0.2, 0) is 4.74 Å². The third-order valence-electron chi connectivity index (χ3n) is 1.94. The average molecular weight is 218 g/mol. The molecule has 0 aliphatic carbocycles. The Labute approximate surface area is 91.8 Å². The number of carbonyl (C=O) groups is 1. The predicted molar refractivity (Wildman–Crippen MR) is 62.9 cm³/mol. The molecule has 0 aliphatic heterocycles. The summed E-state index contributed by atoms with van der Waals surface area (Å²) in [6.45, 7) is 4.89. The monoisotopic (exact) mass is 218 g/mol. The second kappa shape index (κ2) is 10.9. The molecule has 0 atom stereocenters. The van der Waals surface area contributed by atoms with Gasteiger partial charge in [-0.25, -0.2) is 4.79 Å². The minimum Gasteiger partial charge on any atom is -0.458 e. The quantitative estimate of drug-likeness (QED) is 0.450. The van der Waals surface area contributed by atoms with Crippen molar-refractivity contribution in [3.05, 3.63) is 0 Å². The zero-order valence-electron chi connectivity index (χ0n) is 9.38. The molecule has 0 rings (SSSR count). The zero-order valence-corrected chi connectivity index (χ0v) is 10.2. The van der Waals surface area contributed by atoms with E-state index in [9.17, 15) is 4.79 Å². The molecule has 0 aromatic carbocycles. The maximum atomic E-state index is 11.1. The lowest BCUT2D eigenvalue weighted by Gasteiger charge is -2.03. The summed E-state index contributed by atoms with van der Waals surface area (Å²) in [5.74, 6) is 0.903. The topological polar surface area (TPSA) is 26.3 Å². The molecule has 0 amide bonds. The first-order valence-corrected chi connectivity index (χ1v) is 6.59. The van der Waals surface area contributed by atoms with Crippen molar-refractivity contribution in [3.8, 4) is 0 Å². The van der Waals surface area contributed by atoms with Crippen molar-refractivity contribution >= 4 is 17.1 Å². The van der Waals surface area contributed by atoms with Crippen molar-refractivity contribution in [3.63, 3.8) is 0 Å². The lowest BCUT2D eigenvalue weighted by molar-refractivity contribution is 0.172. The Kier molecular flexibility index (Phi) is 10.8. The van der Waals surface area contributed by atoms with E-state index >= 15 is 0 Å². The van der Waals surface area contributed by atoms with E-state index in [1.54, 1.807) is 0 Å². The summed E-state index contributed by atoms with van der Waals surface area (Å²) in [6.07, 6.45) is 6.83. The molecule has 14 heavy (non-hydrogen) atoms. The van der Waals surface area contributed by atoms with Crippen LogP contribution >= 0.6 is 11.8 Å². The van der Waals surface area contributed by atoms with Gasteiger partial charge < -0.3 is 4.74 Å². The smallest absolute Gasteiger partial charge is 0.367 e. The maximum absolute atomic E-state index is 11.1. The molecule has 0 heterocycles. The molecule has 3 heteroatoms. The lowest BCUT2D eigenvalue weighted by atomic mass is 10.3. The van der Waals surface area contributed by atoms with Gasteiger partial charge in [-0.2, -0.15) is 0 Å². The third kappa shape index (κ3) is 9.90. The molecule has 84 valence electrons. The molecule has 0 bridgehead atoms. The molecule has 0 saturated heterocycles. The predicted octanol–water partition coefficient (Wildman–Crippen LogP) is 4.24. The van der Waals surface area contributed by atoms with Gasteiger partial charge in [0.15, 0.2) is 0 Å². The standard InChI is InChI=1S/C11H22O2S/c1-3-5-7-9-13-11(12)14-10-8-6-4-2/h3-10H2,1-2H3. The third-order valence-corrected chi connectivity index (χ3v) is 2.78. The Morgan fingerprint density at radius 2 is 1.71 bits per heavy atom. The van der Waals surface area contributed by atoms with E-state index in [0.717, 1.165) is 25.0 Å². The van der Waals surface area contributed by atoms with Gasteiger partial charge >= 0.3 is 5.30 Å². The minimum absolute atomic E-state index is 0.0998. The van der Waals surface area contributed by atoms with Crippen LogP contribution in [0.25, 0.3) is 0 Å². The Morgan fingerprint density at radius 1 is 1.07 bits per heavy atom. The SMILES string of the molecule is CCCCCOC(=O)SCCCCC. The van der Waals surface area contributed by atoms with Gasteiger partial charge in [-0.3, -0.25) is 0 Å². The van der Waals surface area contributed by atoms with Gasteiger partial charge in [0.25, 0.3) is 0 Å². The molecule has 2 nitrogen and oxygen atoms in total. The minimum atomic E-state index is -0.0998. The van der Waals surface area contributed by atoms with E-state index in [-0.39, 0.29) is 5.30 Å². The molecule has 0 N–H and O–H groups in total. The first kappa shape index (κ1) is 13.8. The van der Waals surface area contributed by atoms with E-state index in [0.29, 0.717) is 6.61 Å². The summed E-state index contributed by atoms with van der Waals surface area (Å²) < 4.78 is 5.05. The van der Waals surface area contributed by atoms with Crippen LogP contribution in [-0.4, -0.2) is 17.7 Å². The van der Waals surface area contributed by atoms with E-state index in [4.69, 9.17) is 4.74 Å². The van der Waals surface area contributed by atoms with Crippen molar-refractivity contribution in [1.29, 1.82) is 0 Å². The summed E-state index contributed by atoms with van der Waals surface area (Å²) in [7, 11) is 0. The van der Waals surface area contributed by atoms with Gasteiger partial charge in [0.05, 0.1) is 6.61 Å². The summed E-state index contributed by atoms with van der Waals surface area (Å²) in [5.41, 5.74) is 0. The first-order valence-electron chi connectivity index (χ1n) is 5.60. The number of ether oxygens (including phenoxy) is 1. The van der Waals surface area contributed by atoms with E-state index in [1.807, 2.05) is 0 Å². The fourth-order valence-electron chi connectivity index (χ4n) is 1.06.